The molecule has 1 fully saturated rings. The van der Waals surface area contributed by atoms with Gasteiger partial charge in [0.05, 0.1) is 18.9 Å². The topological polar surface area (TPSA) is 270 Å². The zero-order valence-corrected chi connectivity index (χ0v) is 17.6. The fraction of sp³-hybridized carbons (Fsp3) is 0.600. The maximum Gasteiger partial charge on any atom is 0.490 e. The van der Waals surface area contributed by atoms with Gasteiger partial charge in [-0.3, -0.25) is 9.09 Å². The minimum atomic E-state index is -5.70. The molecule has 2 unspecified atom stereocenters. The Balaban J connectivity index is 2.09. The van der Waals surface area contributed by atoms with Gasteiger partial charge in [-0.1, -0.05) is 0 Å². The third-order valence-electron chi connectivity index (χ3n) is 3.69. The van der Waals surface area contributed by atoms with Crippen LogP contribution in [0.25, 0.3) is 0 Å². The summed E-state index contributed by atoms with van der Waals surface area (Å²) in [6.45, 7) is 0.392. The van der Waals surface area contributed by atoms with E-state index >= 15 is 0 Å². The van der Waals surface area contributed by atoms with E-state index in [1.807, 2.05) is 0 Å². The summed E-state index contributed by atoms with van der Waals surface area (Å²) in [7, 11) is -16.7. The van der Waals surface area contributed by atoms with Crippen LogP contribution in [0.5, 0.6) is 5.75 Å². The molecule has 1 aromatic rings. The number of aromatic hydroxyl groups is 1. The number of nitrogens with zero attached hydrogens (tertiary/aromatic N) is 2. The smallest absolute Gasteiger partial charge is 0.490 e. The molecule has 0 spiro atoms. The average molecular weight is 497 g/mol. The van der Waals surface area contributed by atoms with E-state index in [1.165, 1.54) is 6.92 Å². The van der Waals surface area contributed by atoms with Gasteiger partial charge in [-0.05, 0) is 6.92 Å². The Morgan fingerprint density at radius 3 is 2.43 bits per heavy atom. The normalized spacial score (nSPS) is 28.7. The van der Waals surface area contributed by atoms with E-state index in [0.29, 0.717) is 0 Å². The zero-order chi connectivity index (χ0) is 23.1. The van der Waals surface area contributed by atoms with Crippen molar-refractivity contribution in [1.29, 1.82) is 0 Å². The number of ether oxygens (including phenoxy) is 1. The number of aromatic nitrogens is 2. The first-order chi connectivity index (χ1) is 13.4. The van der Waals surface area contributed by atoms with Crippen LogP contribution in [-0.2, 0) is 37.3 Å². The standard InChI is InChI=1S/C10H18N3O14P3/c1-10(13-3-6(15)8(11)12-9(13)16)2-5(14)7(25-10)4-24-29(20,21)27-30(22,23)26-28(17,18)19/h3,5,7,14-15H,2,4H2,1H3,(H,20,21)(H,22,23)(H2,11,12,16)(H2,17,18,19)/t5-,7+,10+/m0/s1. The summed E-state index contributed by atoms with van der Waals surface area (Å²) in [5, 5.41) is 19.7. The van der Waals surface area contributed by atoms with Gasteiger partial charge < -0.3 is 40.3 Å². The van der Waals surface area contributed by atoms with E-state index in [4.69, 9.17) is 25.2 Å². The average Bonchev–Trinajstić information content (AvgIpc) is 2.80. The van der Waals surface area contributed by atoms with Crippen LogP contribution in [0.2, 0.25) is 0 Å². The molecular formula is C10H18N3O14P3. The quantitative estimate of drug-likeness (QED) is 0.206. The predicted molar refractivity (Wildman–Crippen MR) is 93.5 cm³/mol. The van der Waals surface area contributed by atoms with Gasteiger partial charge in [0.15, 0.2) is 11.6 Å². The number of nitrogen functional groups attached to an aromatic ring is 1. The molecule has 0 saturated carbocycles. The molecule has 2 heterocycles. The van der Waals surface area contributed by atoms with Crippen molar-refractivity contribution >= 4 is 29.3 Å². The number of nitrogens with two attached hydrogens (primary N) is 1. The summed E-state index contributed by atoms with van der Waals surface area (Å²) in [6, 6.07) is 0. The molecule has 2 rings (SSSR count). The van der Waals surface area contributed by atoms with Crippen LogP contribution in [0.1, 0.15) is 13.3 Å². The second kappa shape index (κ2) is 8.39. The molecule has 0 bridgehead atoms. The fourth-order valence-corrected chi connectivity index (χ4v) is 5.57. The van der Waals surface area contributed by atoms with Gasteiger partial charge in [-0.25, -0.2) is 18.5 Å². The number of phosphoric ester groups is 1. The third kappa shape index (κ3) is 6.40. The molecule has 0 amide bonds. The number of anilines is 1. The molecule has 20 heteroatoms. The van der Waals surface area contributed by atoms with Crippen molar-refractivity contribution in [3.63, 3.8) is 0 Å². The van der Waals surface area contributed by atoms with Gasteiger partial charge in [-0.15, -0.1) is 0 Å². The molecule has 172 valence electrons. The summed E-state index contributed by atoms with van der Waals surface area (Å²) < 4.78 is 51.4. The Kier molecular flexibility index (Phi) is 7.01. The lowest BCUT2D eigenvalue weighted by Gasteiger charge is -2.27. The molecule has 30 heavy (non-hydrogen) atoms. The van der Waals surface area contributed by atoms with E-state index in [0.717, 1.165) is 10.8 Å². The molecule has 0 radical (unpaired) electrons. The highest BCUT2D eigenvalue weighted by atomic mass is 31.3. The third-order valence-corrected chi connectivity index (χ3v) is 7.49. The lowest BCUT2D eigenvalue weighted by Crippen LogP contribution is -2.40. The molecule has 0 aliphatic carbocycles. The number of hydrogen-bond acceptors (Lipinski definition) is 12. The second-order valence-corrected chi connectivity index (χ2v) is 10.6. The molecule has 1 aliphatic rings. The maximum atomic E-state index is 12.0. The van der Waals surface area contributed by atoms with Gasteiger partial charge >= 0.3 is 29.2 Å². The largest absolute Gasteiger partial charge is 0.503 e. The van der Waals surface area contributed by atoms with Gasteiger partial charge in [0.25, 0.3) is 0 Å². The van der Waals surface area contributed by atoms with Crippen molar-refractivity contribution in [2.24, 2.45) is 0 Å². The Hall–Kier alpha value is -1.19. The van der Waals surface area contributed by atoms with E-state index in [1.54, 1.807) is 0 Å². The number of hydrogen-bond donors (Lipinski definition) is 7. The van der Waals surface area contributed by atoms with Crippen molar-refractivity contribution < 1.29 is 61.4 Å². The van der Waals surface area contributed by atoms with E-state index in [9.17, 15) is 33.6 Å². The molecule has 1 aliphatic heterocycles. The summed E-state index contributed by atoms with van der Waals surface area (Å²) in [5.41, 5.74) is 2.78. The Labute approximate surface area is 167 Å². The summed E-state index contributed by atoms with van der Waals surface area (Å²) in [5.74, 6) is -0.992. The number of phosphoric acid groups is 3. The fourth-order valence-electron chi connectivity index (χ4n) is 2.54. The van der Waals surface area contributed by atoms with Crippen LogP contribution < -0.4 is 11.4 Å². The van der Waals surface area contributed by atoms with Crippen molar-refractivity contribution in [1.82, 2.24) is 9.55 Å². The zero-order valence-electron chi connectivity index (χ0n) is 14.9. The Morgan fingerprint density at radius 2 is 1.87 bits per heavy atom. The molecule has 1 saturated heterocycles. The Bertz CT molecular complexity index is 1010. The van der Waals surface area contributed by atoms with E-state index < -0.39 is 65.3 Å². The maximum absolute atomic E-state index is 12.0. The van der Waals surface area contributed by atoms with Crippen LogP contribution >= 0.6 is 23.5 Å². The van der Waals surface area contributed by atoms with Crippen LogP contribution in [0.3, 0.4) is 0 Å². The highest BCUT2D eigenvalue weighted by molar-refractivity contribution is 7.66. The van der Waals surface area contributed by atoms with Crippen LogP contribution in [0, 0.1) is 0 Å². The second-order valence-electron chi connectivity index (χ2n) is 6.15. The number of aliphatic hydroxyl groups excluding tert-OH is 1. The highest BCUT2D eigenvalue weighted by Gasteiger charge is 2.47. The first-order valence-electron chi connectivity index (χ1n) is 7.66. The van der Waals surface area contributed by atoms with Crippen molar-refractivity contribution in [3.8, 4) is 5.75 Å². The lowest BCUT2D eigenvalue weighted by molar-refractivity contribution is -0.106. The lowest BCUT2D eigenvalue weighted by atomic mass is 10.1. The van der Waals surface area contributed by atoms with Crippen molar-refractivity contribution in [2.45, 2.75) is 31.3 Å². The van der Waals surface area contributed by atoms with Crippen LogP contribution in [-0.4, -0.2) is 58.2 Å². The van der Waals surface area contributed by atoms with Crippen molar-refractivity contribution in [3.05, 3.63) is 16.7 Å². The van der Waals surface area contributed by atoms with E-state index in [2.05, 4.69) is 18.1 Å². The van der Waals surface area contributed by atoms with Gasteiger partial charge in [0.2, 0.25) is 0 Å². The molecule has 5 atom stereocenters. The molecule has 1 aromatic heterocycles. The monoisotopic (exact) mass is 497 g/mol. The molecule has 8 N–H and O–H groups in total. The van der Waals surface area contributed by atoms with Crippen LogP contribution in [0.15, 0.2) is 11.0 Å². The minimum Gasteiger partial charge on any atom is -0.503 e. The number of rotatable bonds is 8. The predicted octanol–water partition coefficient (Wildman–Crippen LogP) is -1.30. The van der Waals surface area contributed by atoms with Gasteiger partial charge in [0, 0.05) is 6.42 Å². The van der Waals surface area contributed by atoms with E-state index in [-0.39, 0.29) is 6.42 Å². The highest BCUT2D eigenvalue weighted by Crippen LogP contribution is 2.66. The summed E-state index contributed by atoms with van der Waals surface area (Å²) >= 11 is 0. The minimum absolute atomic E-state index is 0.275. The van der Waals surface area contributed by atoms with Crippen molar-refractivity contribution in [2.75, 3.05) is 12.3 Å². The Morgan fingerprint density at radius 1 is 1.27 bits per heavy atom. The molecular weight excluding hydrogens is 479 g/mol. The first kappa shape index (κ1) is 25.1. The molecule has 17 nitrogen and oxygen atoms in total. The van der Waals surface area contributed by atoms with Gasteiger partial charge in [0.1, 0.15) is 11.8 Å². The summed E-state index contributed by atoms with van der Waals surface area (Å²) in [6.07, 6.45) is -2.15. The van der Waals surface area contributed by atoms with Crippen LogP contribution in [0.4, 0.5) is 5.82 Å². The molecule has 0 aromatic carbocycles. The van der Waals surface area contributed by atoms with Gasteiger partial charge in [-0.2, -0.15) is 13.6 Å². The SMILES string of the molecule is C[C@]1(n2cc(O)c(N)nc2=O)C[C@H](O)[C@@H](COP(=O)(O)OP(=O)(O)OP(=O)(O)O)O1. The number of aliphatic hydroxyl groups is 1. The summed E-state index contributed by atoms with van der Waals surface area (Å²) in [4.78, 5) is 50.8. The first-order valence-corrected chi connectivity index (χ1v) is 12.2.